The highest BCUT2D eigenvalue weighted by atomic mass is 16.6. The SMILES string of the molecule is CCCCn1c(-c2ccc(C)cc2)cc([N+](=O)[O-])c1-c1ccc(C)cc1. The molecule has 4 heteroatoms. The van der Waals surface area contributed by atoms with Gasteiger partial charge in [-0.25, -0.2) is 0 Å². The molecule has 0 radical (unpaired) electrons. The summed E-state index contributed by atoms with van der Waals surface area (Å²) in [4.78, 5) is 11.5. The minimum absolute atomic E-state index is 0.167. The molecular weight excluding hydrogens is 324 g/mol. The van der Waals surface area contributed by atoms with Crippen LogP contribution in [0.4, 0.5) is 5.69 Å². The average Bonchev–Trinajstić information content (AvgIpc) is 3.01. The summed E-state index contributed by atoms with van der Waals surface area (Å²) in [5.41, 5.74) is 5.97. The Morgan fingerprint density at radius 2 is 1.46 bits per heavy atom. The van der Waals surface area contributed by atoms with Gasteiger partial charge in [0.2, 0.25) is 0 Å². The summed E-state index contributed by atoms with van der Waals surface area (Å²) in [6, 6.07) is 17.8. The van der Waals surface area contributed by atoms with Crippen LogP contribution in [-0.2, 0) is 6.54 Å². The van der Waals surface area contributed by atoms with E-state index < -0.39 is 0 Å². The van der Waals surface area contributed by atoms with E-state index in [9.17, 15) is 10.1 Å². The van der Waals surface area contributed by atoms with Crippen LogP contribution in [-0.4, -0.2) is 9.49 Å². The van der Waals surface area contributed by atoms with Crippen LogP contribution in [0.3, 0.4) is 0 Å². The van der Waals surface area contributed by atoms with Crippen molar-refractivity contribution in [3.63, 3.8) is 0 Å². The van der Waals surface area contributed by atoms with Crippen LogP contribution >= 0.6 is 0 Å². The second-order valence-electron chi connectivity index (χ2n) is 6.76. The largest absolute Gasteiger partial charge is 0.335 e. The number of aryl methyl sites for hydroxylation is 2. The first-order valence-electron chi connectivity index (χ1n) is 9.03. The summed E-state index contributed by atoms with van der Waals surface area (Å²) in [5, 5.41) is 11.8. The van der Waals surface area contributed by atoms with Gasteiger partial charge in [0, 0.05) is 18.2 Å². The fourth-order valence-electron chi connectivity index (χ4n) is 3.20. The number of rotatable bonds is 6. The number of hydrogen-bond donors (Lipinski definition) is 0. The molecule has 0 amide bonds. The van der Waals surface area contributed by atoms with Gasteiger partial charge in [-0.15, -0.1) is 0 Å². The molecule has 26 heavy (non-hydrogen) atoms. The van der Waals surface area contributed by atoms with Crippen LogP contribution in [0.5, 0.6) is 0 Å². The van der Waals surface area contributed by atoms with Gasteiger partial charge < -0.3 is 4.57 Å². The zero-order chi connectivity index (χ0) is 18.7. The molecule has 4 nitrogen and oxygen atoms in total. The average molecular weight is 348 g/mol. The van der Waals surface area contributed by atoms with Crippen molar-refractivity contribution in [2.75, 3.05) is 0 Å². The van der Waals surface area contributed by atoms with Crippen LogP contribution < -0.4 is 0 Å². The molecule has 0 spiro atoms. The van der Waals surface area contributed by atoms with E-state index in [2.05, 4.69) is 11.5 Å². The molecule has 0 aliphatic carbocycles. The van der Waals surface area contributed by atoms with Gasteiger partial charge in [0.15, 0.2) is 0 Å². The molecule has 0 aliphatic heterocycles. The highest BCUT2D eigenvalue weighted by Gasteiger charge is 2.25. The molecule has 3 rings (SSSR count). The molecule has 1 aromatic heterocycles. The maximum Gasteiger partial charge on any atom is 0.295 e. The van der Waals surface area contributed by atoms with Crippen molar-refractivity contribution in [1.82, 2.24) is 4.57 Å². The third-order valence-electron chi connectivity index (χ3n) is 4.68. The molecular formula is C22H24N2O2. The minimum Gasteiger partial charge on any atom is -0.335 e. The Morgan fingerprint density at radius 1 is 0.923 bits per heavy atom. The summed E-state index contributed by atoms with van der Waals surface area (Å²) < 4.78 is 2.11. The number of aromatic nitrogens is 1. The predicted octanol–water partition coefficient (Wildman–Crippen LogP) is 6.15. The first-order valence-corrected chi connectivity index (χ1v) is 9.03. The zero-order valence-corrected chi connectivity index (χ0v) is 15.5. The van der Waals surface area contributed by atoms with Crippen molar-refractivity contribution in [2.45, 2.75) is 40.2 Å². The monoisotopic (exact) mass is 348 g/mol. The van der Waals surface area contributed by atoms with E-state index in [4.69, 9.17) is 0 Å². The van der Waals surface area contributed by atoms with Crippen molar-refractivity contribution in [3.05, 3.63) is 75.8 Å². The summed E-state index contributed by atoms with van der Waals surface area (Å²) in [6.07, 6.45) is 2.01. The van der Waals surface area contributed by atoms with E-state index in [0.717, 1.165) is 41.8 Å². The molecule has 0 aliphatic rings. The Hall–Kier alpha value is -2.88. The molecule has 0 atom stereocenters. The maximum absolute atomic E-state index is 11.8. The molecule has 0 N–H and O–H groups in total. The van der Waals surface area contributed by atoms with Gasteiger partial charge in [-0.05, 0) is 25.8 Å². The van der Waals surface area contributed by atoms with Crippen molar-refractivity contribution in [2.24, 2.45) is 0 Å². The minimum atomic E-state index is -0.269. The highest BCUT2D eigenvalue weighted by molar-refractivity contribution is 5.78. The molecule has 0 unspecified atom stereocenters. The van der Waals surface area contributed by atoms with E-state index in [1.54, 1.807) is 6.07 Å². The van der Waals surface area contributed by atoms with Crippen LogP contribution in [0.15, 0.2) is 54.6 Å². The van der Waals surface area contributed by atoms with Crippen molar-refractivity contribution >= 4 is 5.69 Å². The quantitative estimate of drug-likeness (QED) is 0.396. The van der Waals surface area contributed by atoms with Crippen molar-refractivity contribution < 1.29 is 4.92 Å². The van der Waals surface area contributed by atoms with E-state index in [1.165, 1.54) is 5.56 Å². The lowest BCUT2D eigenvalue weighted by Crippen LogP contribution is -2.03. The lowest BCUT2D eigenvalue weighted by atomic mass is 10.1. The van der Waals surface area contributed by atoms with E-state index >= 15 is 0 Å². The van der Waals surface area contributed by atoms with Gasteiger partial charge in [-0.2, -0.15) is 0 Å². The third kappa shape index (κ3) is 3.54. The maximum atomic E-state index is 11.8. The zero-order valence-electron chi connectivity index (χ0n) is 15.5. The molecule has 2 aromatic carbocycles. The molecule has 134 valence electrons. The van der Waals surface area contributed by atoms with E-state index in [0.29, 0.717) is 5.69 Å². The lowest BCUT2D eigenvalue weighted by molar-refractivity contribution is -0.384. The topological polar surface area (TPSA) is 48.1 Å². The number of hydrogen-bond acceptors (Lipinski definition) is 2. The molecule has 3 aromatic rings. The second-order valence-corrected chi connectivity index (χ2v) is 6.76. The van der Waals surface area contributed by atoms with E-state index in [1.807, 2.05) is 62.4 Å². The highest BCUT2D eigenvalue weighted by Crippen LogP contribution is 2.38. The van der Waals surface area contributed by atoms with Crippen LogP contribution in [0, 0.1) is 24.0 Å². The first-order chi connectivity index (χ1) is 12.5. The van der Waals surface area contributed by atoms with Gasteiger partial charge in [0.1, 0.15) is 5.69 Å². The van der Waals surface area contributed by atoms with Gasteiger partial charge >= 0.3 is 0 Å². The number of nitro groups is 1. The van der Waals surface area contributed by atoms with Gasteiger partial charge in [-0.3, -0.25) is 10.1 Å². The summed E-state index contributed by atoms with van der Waals surface area (Å²) in [6.45, 7) is 6.96. The van der Waals surface area contributed by atoms with Crippen molar-refractivity contribution in [1.29, 1.82) is 0 Å². The van der Waals surface area contributed by atoms with E-state index in [-0.39, 0.29) is 10.6 Å². The second kappa shape index (κ2) is 7.56. The lowest BCUT2D eigenvalue weighted by Gasteiger charge is -2.13. The predicted molar refractivity (Wildman–Crippen MR) is 106 cm³/mol. The number of benzene rings is 2. The number of unbranched alkanes of at least 4 members (excludes halogenated alkanes) is 1. The first kappa shape index (κ1) is 17.9. The Balaban J connectivity index is 2.24. The van der Waals surface area contributed by atoms with Gasteiger partial charge in [0.05, 0.1) is 10.6 Å². The molecule has 0 saturated carbocycles. The fraction of sp³-hybridized carbons (Fsp3) is 0.273. The van der Waals surface area contributed by atoms with Gasteiger partial charge in [0.25, 0.3) is 5.69 Å². The normalized spacial score (nSPS) is 10.9. The Labute approximate surface area is 154 Å². The smallest absolute Gasteiger partial charge is 0.295 e. The summed E-state index contributed by atoms with van der Waals surface area (Å²) in [5.74, 6) is 0. The molecule has 1 heterocycles. The van der Waals surface area contributed by atoms with Crippen LogP contribution in [0.2, 0.25) is 0 Å². The fourth-order valence-corrected chi connectivity index (χ4v) is 3.20. The van der Waals surface area contributed by atoms with Gasteiger partial charge in [-0.1, -0.05) is 73.0 Å². The van der Waals surface area contributed by atoms with Crippen molar-refractivity contribution in [3.8, 4) is 22.5 Å². The Morgan fingerprint density at radius 3 is 1.96 bits per heavy atom. The molecule has 0 bridgehead atoms. The summed E-state index contributed by atoms with van der Waals surface area (Å²) >= 11 is 0. The molecule has 0 fully saturated rings. The van der Waals surface area contributed by atoms with Crippen LogP contribution in [0.1, 0.15) is 30.9 Å². The third-order valence-corrected chi connectivity index (χ3v) is 4.68. The Bertz CT molecular complexity index is 907. The number of nitrogens with zero attached hydrogens (tertiary/aromatic N) is 2. The van der Waals surface area contributed by atoms with Crippen LogP contribution in [0.25, 0.3) is 22.5 Å². The molecule has 0 saturated heterocycles. The standard InChI is InChI=1S/C22H24N2O2/c1-4-5-14-23-20(18-10-6-16(2)7-11-18)15-21(24(25)26)22(23)19-12-8-17(3)9-13-19/h6-13,15H,4-5,14H2,1-3H3. The Kier molecular flexibility index (Phi) is 5.21. The summed E-state index contributed by atoms with van der Waals surface area (Å²) in [7, 11) is 0.